The summed E-state index contributed by atoms with van der Waals surface area (Å²) < 4.78 is 8.66. The molecular formula is C10H10N4O4S. The van der Waals surface area contributed by atoms with E-state index in [4.69, 9.17) is 9.63 Å². The van der Waals surface area contributed by atoms with Crippen molar-refractivity contribution in [3.05, 3.63) is 23.0 Å². The van der Waals surface area contributed by atoms with Gasteiger partial charge in [-0.3, -0.25) is 9.69 Å². The van der Waals surface area contributed by atoms with Gasteiger partial charge in [-0.2, -0.15) is 9.36 Å². The average Bonchev–Trinajstić information content (AvgIpc) is 2.93. The summed E-state index contributed by atoms with van der Waals surface area (Å²) in [5, 5.41) is 12.9. The Morgan fingerprint density at radius 2 is 2.05 bits per heavy atom. The number of carbonyl (C=O) groups is 2. The summed E-state index contributed by atoms with van der Waals surface area (Å²) in [6.07, 6.45) is 0. The fourth-order valence-corrected chi connectivity index (χ4v) is 2.31. The molecule has 0 fully saturated rings. The Hall–Kier alpha value is -2.29. The van der Waals surface area contributed by atoms with E-state index in [9.17, 15) is 9.59 Å². The topological polar surface area (TPSA) is 109 Å². The van der Waals surface area contributed by atoms with Crippen LogP contribution in [0.5, 0.6) is 0 Å². The Morgan fingerprint density at radius 1 is 1.37 bits per heavy atom. The van der Waals surface area contributed by atoms with Crippen molar-refractivity contribution < 1.29 is 19.2 Å². The van der Waals surface area contributed by atoms with Gasteiger partial charge in [0.05, 0.1) is 5.69 Å². The molecule has 0 aliphatic rings. The number of nitrogens with zero attached hydrogens (tertiary/aromatic N) is 4. The lowest BCUT2D eigenvalue weighted by Gasteiger charge is -2.13. The second kappa shape index (κ2) is 4.76. The zero-order valence-electron chi connectivity index (χ0n) is 10.4. The van der Waals surface area contributed by atoms with Crippen molar-refractivity contribution in [3.63, 3.8) is 0 Å². The monoisotopic (exact) mass is 282 g/mol. The van der Waals surface area contributed by atoms with E-state index >= 15 is 0 Å². The SMILES string of the molecule is Cc1nc(C(=O)N(C)c2snc(C)c2C(=O)O)no1. The first kappa shape index (κ1) is 13.1. The second-order valence-corrected chi connectivity index (χ2v) is 4.51. The molecule has 2 rings (SSSR count). The maximum absolute atomic E-state index is 12.1. The Kier molecular flexibility index (Phi) is 3.30. The predicted octanol–water partition coefficient (Wildman–Crippen LogP) is 1.12. The molecule has 2 heterocycles. The van der Waals surface area contributed by atoms with Crippen molar-refractivity contribution in [2.24, 2.45) is 0 Å². The third-order valence-electron chi connectivity index (χ3n) is 2.39. The Morgan fingerprint density at radius 3 is 2.58 bits per heavy atom. The molecule has 8 nitrogen and oxygen atoms in total. The third-order valence-corrected chi connectivity index (χ3v) is 3.40. The van der Waals surface area contributed by atoms with Crippen LogP contribution in [0.3, 0.4) is 0 Å². The van der Waals surface area contributed by atoms with E-state index < -0.39 is 11.9 Å². The summed E-state index contributed by atoms with van der Waals surface area (Å²) >= 11 is 0.930. The van der Waals surface area contributed by atoms with E-state index in [1.54, 1.807) is 13.8 Å². The summed E-state index contributed by atoms with van der Waals surface area (Å²) in [5.74, 6) is -1.55. The van der Waals surface area contributed by atoms with Crippen molar-refractivity contribution in [2.75, 3.05) is 11.9 Å². The van der Waals surface area contributed by atoms with Crippen LogP contribution < -0.4 is 4.90 Å². The van der Waals surface area contributed by atoms with Crippen LogP contribution in [0.2, 0.25) is 0 Å². The van der Waals surface area contributed by atoms with Gasteiger partial charge in [0.15, 0.2) is 0 Å². The van der Waals surface area contributed by atoms with Crippen LogP contribution in [0.15, 0.2) is 4.52 Å². The van der Waals surface area contributed by atoms with Crippen molar-refractivity contribution >= 4 is 28.4 Å². The fraction of sp³-hybridized carbons (Fsp3) is 0.300. The number of carboxylic acids is 1. The molecular weight excluding hydrogens is 272 g/mol. The number of anilines is 1. The molecule has 100 valence electrons. The minimum atomic E-state index is -1.13. The van der Waals surface area contributed by atoms with E-state index in [0.717, 1.165) is 16.4 Å². The predicted molar refractivity (Wildman–Crippen MR) is 65.6 cm³/mol. The summed E-state index contributed by atoms with van der Waals surface area (Å²) in [7, 11) is 1.44. The molecule has 9 heteroatoms. The first-order valence-electron chi connectivity index (χ1n) is 5.19. The third kappa shape index (κ3) is 2.32. The highest BCUT2D eigenvalue weighted by Crippen LogP contribution is 2.28. The average molecular weight is 282 g/mol. The van der Waals surface area contributed by atoms with Crippen LogP contribution >= 0.6 is 11.5 Å². The number of aryl methyl sites for hydroxylation is 2. The first-order chi connectivity index (χ1) is 8.91. The van der Waals surface area contributed by atoms with Gasteiger partial charge in [-0.25, -0.2) is 4.79 Å². The van der Waals surface area contributed by atoms with E-state index in [1.165, 1.54) is 7.05 Å². The van der Waals surface area contributed by atoms with Gasteiger partial charge < -0.3 is 9.63 Å². The molecule has 0 bridgehead atoms. The van der Waals surface area contributed by atoms with Crippen molar-refractivity contribution in [3.8, 4) is 0 Å². The molecule has 0 aliphatic heterocycles. The second-order valence-electron chi connectivity index (χ2n) is 3.75. The van der Waals surface area contributed by atoms with Crippen LogP contribution in [-0.2, 0) is 0 Å². The largest absolute Gasteiger partial charge is 0.478 e. The minimum Gasteiger partial charge on any atom is -0.478 e. The van der Waals surface area contributed by atoms with Crippen LogP contribution in [0.1, 0.15) is 32.6 Å². The maximum atomic E-state index is 12.1. The van der Waals surface area contributed by atoms with E-state index in [2.05, 4.69) is 14.5 Å². The molecule has 19 heavy (non-hydrogen) atoms. The molecule has 0 unspecified atom stereocenters. The van der Waals surface area contributed by atoms with Crippen LogP contribution in [-0.4, -0.2) is 38.5 Å². The van der Waals surface area contributed by atoms with E-state index in [-0.39, 0.29) is 22.3 Å². The Labute approximate surface area is 111 Å². The number of carboxylic acid groups (broad SMARTS) is 1. The normalized spacial score (nSPS) is 10.5. The standard InChI is InChI=1S/C10H10N4O4S/c1-4-6(10(16)17)9(19-13-4)14(3)8(15)7-11-5(2)18-12-7/h1-3H3,(H,16,17). The van der Waals surface area contributed by atoms with Gasteiger partial charge >= 0.3 is 5.97 Å². The van der Waals surface area contributed by atoms with Gasteiger partial charge in [-0.1, -0.05) is 5.16 Å². The highest BCUT2D eigenvalue weighted by Gasteiger charge is 2.26. The number of aromatic carboxylic acids is 1. The highest BCUT2D eigenvalue weighted by molar-refractivity contribution is 7.11. The molecule has 0 radical (unpaired) electrons. The number of carbonyl (C=O) groups excluding carboxylic acids is 1. The molecule has 0 atom stereocenters. The zero-order chi connectivity index (χ0) is 14.2. The maximum Gasteiger partial charge on any atom is 0.340 e. The lowest BCUT2D eigenvalue weighted by Crippen LogP contribution is -2.28. The van der Waals surface area contributed by atoms with Crippen molar-refractivity contribution in [2.45, 2.75) is 13.8 Å². The van der Waals surface area contributed by atoms with Crippen LogP contribution in [0.4, 0.5) is 5.00 Å². The number of rotatable bonds is 3. The molecule has 2 aromatic heterocycles. The first-order valence-corrected chi connectivity index (χ1v) is 5.97. The van der Waals surface area contributed by atoms with E-state index in [0.29, 0.717) is 5.69 Å². The highest BCUT2D eigenvalue weighted by atomic mass is 32.1. The van der Waals surface area contributed by atoms with Gasteiger partial charge in [0.1, 0.15) is 10.6 Å². The minimum absolute atomic E-state index is 0.000988. The lowest BCUT2D eigenvalue weighted by atomic mass is 10.2. The molecule has 0 spiro atoms. The molecule has 2 aromatic rings. The van der Waals surface area contributed by atoms with Crippen LogP contribution in [0.25, 0.3) is 0 Å². The summed E-state index contributed by atoms with van der Waals surface area (Å²) in [4.78, 5) is 28.2. The number of hydrogen-bond donors (Lipinski definition) is 1. The summed E-state index contributed by atoms with van der Waals surface area (Å²) in [5.41, 5.74) is 0.359. The van der Waals surface area contributed by atoms with Gasteiger partial charge in [0.25, 0.3) is 11.7 Å². The fourth-order valence-electron chi connectivity index (χ4n) is 1.46. The molecule has 0 aliphatic carbocycles. The van der Waals surface area contributed by atoms with Gasteiger partial charge in [-0.05, 0) is 18.5 Å². The lowest BCUT2D eigenvalue weighted by molar-refractivity contribution is 0.0697. The van der Waals surface area contributed by atoms with Gasteiger partial charge in [0.2, 0.25) is 5.89 Å². The van der Waals surface area contributed by atoms with Crippen LogP contribution in [0, 0.1) is 13.8 Å². The smallest absolute Gasteiger partial charge is 0.340 e. The molecule has 0 aromatic carbocycles. The summed E-state index contributed by atoms with van der Waals surface area (Å²) in [6.45, 7) is 3.13. The Balaban J connectivity index is 2.37. The summed E-state index contributed by atoms with van der Waals surface area (Å²) in [6, 6.07) is 0. The number of hydrogen-bond acceptors (Lipinski definition) is 7. The zero-order valence-corrected chi connectivity index (χ0v) is 11.2. The number of aromatic nitrogens is 3. The molecule has 0 saturated carbocycles. The molecule has 1 N–H and O–H groups in total. The quantitative estimate of drug-likeness (QED) is 0.898. The van der Waals surface area contributed by atoms with Crippen molar-refractivity contribution in [1.82, 2.24) is 14.5 Å². The molecule has 0 saturated heterocycles. The van der Waals surface area contributed by atoms with Gasteiger partial charge in [-0.15, -0.1) is 0 Å². The Bertz CT molecular complexity index is 648. The van der Waals surface area contributed by atoms with Crippen molar-refractivity contribution in [1.29, 1.82) is 0 Å². The molecule has 1 amide bonds. The van der Waals surface area contributed by atoms with Gasteiger partial charge in [0, 0.05) is 14.0 Å². The van der Waals surface area contributed by atoms with E-state index in [1.807, 2.05) is 0 Å². The number of amides is 1.